The van der Waals surface area contributed by atoms with Crippen molar-refractivity contribution in [2.75, 3.05) is 0 Å². The minimum absolute atomic E-state index is 0. The van der Waals surface area contributed by atoms with Crippen LogP contribution in [0.25, 0.3) is 0 Å². The van der Waals surface area contributed by atoms with E-state index in [2.05, 4.69) is 0 Å². The van der Waals surface area contributed by atoms with Crippen LogP contribution < -0.4 is 0 Å². The van der Waals surface area contributed by atoms with Gasteiger partial charge in [-0.3, -0.25) is 13.3 Å². The molecule has 0 saturated carbocycles. The van der Waals surface area contributed by atoms with Crippen LogP contribution in [0.4, 0.5) is 0 Å². The molecule has 0 spiro atoms. The van der Waals surface area contributed by atoms with E-state index in [0.29, 0.717) is 0 Å². The predicted molar refractivity (Wildman–Crippen MR) is 26.7 cm³/mol. The molecule has 0 unspecified atom stereocenters. The average molecular weight is 246 g/mol. The predicted octanol–water partition coefficient (Wildman–Crippen LogP) is -2.15. The number of hydrogen-bond donors (Lipinski definition) is 2. The molecule has 0 bridgehead atoms. The van der Waals surface area contributed by atoms with Crippen molar-refractivity contribution in [2.24, 2.45) is 0 Å². The van der Waals surface area contributed by atoms with Gasteiger partial charge in [0.15, 0.2) is 0 Å². The Balaban J connectivity index is -0.0000000300. The molecule has 10 heavy (non-hydrogen) atoms. The number of hydrogen-bond acceptors (Lipinski definition) is 4. The van der Waals surface area contributed by atoms with Gasteiger partial charge in [0.25, 0.3) is 11.4 Å². The summed E-state index contributed by atoms with van der Waals surface area (Å²) in [7, 11) is 0. The minimum atomic E-state index is -3.11. The molecule has 0 aliphatic carbocycles. The Labute approximate surface area is 74.5 Å². The summed E-state index contributed by atoms with van der Waals surface area (Å²) < 4.78 is 48.2. The first-order chi connectivity index (χ1) is 3.46. The Bertz CT molecular complexity index is 69.6. The summed E-state index contributed by atoms with van der Waals surface area (Å²) in [6.07, 6.45) is 0. The van der Waals surface area contributed by atoms with Crippen LogP contribution in [0, 0.1) is 0 Å². The van der Waals surface area contributed by atoms with Crippen molar-refractivity contribution in [1.82, 2.24) is 0 Å². The van der Waals surface area contributed by atoms with Gasteiger partial charge in [-0.25, -0.2) is 0 Å². The Morgan fingerprint density at radius 1 is 1.10 bits per heavy atom. The van der Waals surface area contributed by atoms with Crippen molar-refractivity contribution in [3.05, 3.63) is 0 Å². The van der Waals surface area contributed by atoms with E-state index in [1.54, 1.807) is 0 Å². The molecule has 7 nitrogen and oxygen atoms in total. The molecular weight excluding hydrogens is 242 g/mol. The monoisotopic (exact) mass is 244 g/mol. The topological polar surface area (TPSA) is 152 Å². The van der Waals surface area contributed by atoms with E-state index < -0.39 is 22.7 Å². The number of rotatable bonds is 0. The van der Waals surface area contributed by atoms with Gasteiger partial charge in [0.2, 0.25) is 0 Å². The summed E-state index contributed by atoms with van der Waals surface area (Å²) in [5.41, 5.74) is 0. The molecule has 0 aromatic rings. The molecule has 0 saturated heterocycles. The van der Waals surface area contributed by atoms with E-state index in [1.807, 2.05) is 0 Å². The summed E-state index contributed by atoms with van der Waals surface area (Å²) in [6.45, 7) is 0. The Morgan fingerprint density at radius 3 is 1.10 bits per heavy atom. The van der Waals surface area contributed by atoms with Crippen molar-refractivity contribution in [3.8, 4) is 0 Å². The molecule has 0 aromatic carbocycles. The van der Waals surface area contributed by atoms with E-state index in [4.69, 9.17) is 26.6 Å². The second-order valence-corrected chi connectivity index (χ2v) is 1.30. The smallest absolute Gasteiger partial charge is 0.784 e. The van der Waals surface area contributed by atoms with Crippen molar-refractivity contribution in [2.45, 2.75) is 0 Å². The van der Waals surface area contributed by atoms with Gasteiger partial charge in [0, 0.05) is 0 Å². The second kappa shape index (κ2) is 16.4. The Morgan fingerprint density at radius 2 is 1.10 bits per heavy atom. The van der Waals surface area contributed by atoms with Gasteiger partial charge in [0.05, 0.1) is 0 Å². The molecule has 0 radical (unpaired) electrons. The SMILES string of the molecule is O.O=S(O)O.O=S([O-])[O-].[Zn+2]. The molecule has 0 rings (SSSR count). The zero-order chi connectivity index (χ0) is 7.15. The van der Waals surface area contributed by atoms with Gasteiger partial charge in [-0.2, -0.15) is 4.21 Å². The Kier molecular flexibility index (Phi) is 36.7. The summed E-state index contributed by atoms with van der Waals surface area (Å²) in [6, 6.07) is 0. The normalized spacial score (nSPS) is 7.00. The maximum Gasteiger partial charge on any atom is 2.00 e. The third kappa shape index (κ3) is 994. The first kappa shape index (κ1) is 22.4. The van der Waals surface area contributed by atoms with Crippen LogP contribution in [0.5, 0.6) is 0 Å². The van der Waals surface area contributed by atoms with Crippen LogP contribution in [0.1, 0.15) is 0 Å². The van der Waals surface area contributed by atoms with Gasteiger partial charge in [-0.15, -0.1) is 11.4 Å². The minimum Gasteiger partial charge on any atom is -0.784 e. The van der Waals surface area contributed by atoms with Crippen molar-refractivity contribution < 1.29 is 51.6 Å². The Hall–Kier alpha value is 0.723. The first-order valence-corrected chi connectivity index (χ1v) is 3.10. The molecule has 0 amide bonds. The zero-order valence-corrected chi connectivity index (χ0v) is 9.15. The van der Waals surface area contributed by atoms with Crippen LogP contribution >= 0.6 is 0 Å². The molecule has 4 N–H and O–H groups in total. The van der Waals surface area contributed by atoms with Gasteiger partial charge in [0.1, 0.15) is 0 Å². The van der Waals surface area contributed by atoms with Crippen LogP contribution in [-0.2, 0) is 42.2 Å². The molecule has 10 heteroatoms. The largest absolute Gasteiger partial charge is 2.00 e. The second-order valence-electron chi connectivity index (χ2n) is 0.435. The standard InChI is InChI=1S/2H2O3S.H2O.Zn/c2*1-4(2)3;;/h2*(H2,1,2,3);1H2;/q;;;+2/p-2. The maximum atomic E-state index is 8.67. The summed E-state index contributed by atoms with van der Waals surface area (Å²) >= 11 is -5.72. The van der Waals surface area contributed by atoms with E-state index >= 15 is 0 Å². The van der Waals surface area contributed by atoms with Gasteiger partial charge in [-0.05, 0) is 0 Å². The fourth-order valence-corrected chi connectivity index (χ4v) is 0. The summed E-state index contributed by atoms with van der Waals surface area (Å²) in [4.78, 5) is 0. The van der Waals surface area contributed by atoms with Gasteiger partial charge in [-0.1, -0.05) is 0 Å². The zero-order valence-electron chi connectivity index (χ0n) is 4.55. The van der Waals surface area contributed by atoms with Gasteiger partial charge < -0.3 is 14.6 Å². The van der Waals surface area contributed by atoms with E-state index in [0.717, 1.165) is 0 Å². The van der Waals surface area contributed by atoms with Crippen LogP contribution in [0.2, 0.25) is 0 Å². The fraction of sp³-hybridized carbons (Fsp3) is 0. The molecular formula is H4O7S2Zn. The molecule has 60 valence electrons. The molecule has 0 aromatic heterocycles. The van der Waals surface area contributed by atoms with Crippen LogP contribution in [0.3, 0.4) is 0 Å². The molecule has 0 heterocycles. The van der Waals surface area contributed by atoms with E-state index in [1.165, 1.54) is 0 Å². The van der Waals surface area contributed by atoms with Crippen LogP contribution in [0.15, 0.2) is 0 Å². The quantitative estimate of drug-likeness (QED) is 0.366. The summed E-state index contributed by atoms with van der Waals surface area (Å²) in [5, 5.41) is 0. The summed E-state index contributed by atoms with van der Waals surface area (Å²) in [5.74, 6) is 0. The molecule has 0 aliphatic heterocycles. The third-order valence-electron chi connectivity index (χ3n) is 0. The molecule has 0 aliphatic rings. The first-order valence-electron chi connectivity index (χ1n) is 1.03. The molecule has 0 fully saturated rings. The maximum absolute atomic E-state index is 8.67. The third-order valence-corrected chi connectivity index (χ3v) is 0. The van der Waals surface area contributed by atoms with E-state index in [-0.39, 0.29) is 25.0 Å². The van der Waals surface area contributed by atoms with Crippen molar-refractivity contribution in [1.29, 1.82) is 0 Å². The van der Waals surface area contributed by atoms with Crippen molar-refractivity contribution in [3.63, 3.8) is 0 Å². The van der Waals surface area contributed by atoms with Gasteiger partial charge >= 0.3 is 19.5 Å². The fourth-order valence-electron chi connectivity index (χ4n) is 0. The van der Waals surface area contributed by atoms with E-state index in [9.17, 15) is 0 Å². The molecule has 0 atom stereocenters. The average Bonchev–Trinajstić information content (AvgIpc) is 1.25. The van der Waals surface area contributed by atoms with Crippen LogP contribution in [-0.4, -0.2) is 32.1 Å². The van der Waals surface area contributed by atoms with Crippen molar-refractivity contribution >= 4 is 22.7 Å².